The summed E-state index contributed by atoms with van der Waals surface area (Å²) in [5.41, 5.74) is 11.7. The maximum atomic E-state index is 6.09. The molecule has 0 bridgehead atoms. The normalized spacial score (nSPS) is 16.2. The van der Waals surface area contributed by atoms with Gasteiger partial charge in [-0.05, 0) is 48.1 Å². The van der Waals surface area contributed by atoms with Gasteiger partial charge in [-0.15, -0.1) is 0 Å². The average molecular weight is 280 g/mol. The fourth-order valence-corrected chi connectivity index (χ4v) is 3.09. The number of nitrogens with zero attached hydrogens (tertiary/aromatic N) is 1. The van der Waals surface area contributed by atoms with Gasteiger partial charge in [0.15, 0.2) is 0 Å². The predicted octanol–water partition coefficient (Wildman–Crippen LogP) is 3.70. The van der Waals surface area contributed by atoms with Crippen LogP contribution in [0.2, 0.25) is 0 Å². The highest BCUT2D eigenvalue weighted by molar-refractivity contribution is 5.49. The molecular formula is C19H24N2. The van der Waals surface area contributed by atoms with Crippen LogP contribution >= 0.6 is 0 Å². The van der Waals surface area contributed by atoms with Crippen LogP contribution in [0.15, 0.2) is 48.5 Å². The Kier molecular flexibility index (Phi) is 4.26. The first-order valence-corrected chi connectivity index (χ1v) is 7.95. The Morgan fingerprint density at radius 1 is 0.952 bits per heavy atom. The SMILES string of the molecule is CC[C@@H](N)c1ccc(N2CCc3ccccc3CC2)cc1. The van der Waals surface area contributed by atoms with E-state index in [2.05, 4.69) is 60.4 Å². The number of nitrogens with two attached hydrogens (primary N) is 1. The Balaban J connectivity index is 1.74. The van der Waals surface area contributed by atoms with Crippen molar-refractivity contribution in [3.8, 4) is 0 Å². The quantitative estimate of drug-likeness (QED) is 0.929. The van der Waals surface area contributed by atoms with Gasteiger partial charge < -0.3 is 10.6 Å². The van der Waals surface area contributed by atoms with Crippen molar-refractivity contribution >= 4 is 5.69 Å². The summed E-state index contributed by atoms with van der Waals surface area (Å²) in [4.78, 5) is 2.49. The van der Waals surface area contributed by atoms with Crippen molar-refractivity contribution in [3.63, 3.8) is 0 Å². The van der Waals surface area contributed by atoms with Gasteiger partial charge in [-0.3, -0.25) is 0 Å². The van der Waals surface area contributed by atoms with E-state index in [1.54, 1.807) is 0 Å². The molecule has 2 aromatic carbocycles. The minimum atomic E-state index is 0.160. The highest BCUT2D eigenvalue weighted by atomic mass is 15.1. The van der Waals surface area contributed by atoms with Crippen LogP contribution in [0, 0.1) is 0 Å². The lowest BCUT2D eigenvalue weighted by Crippen LogP contribution is -2.25. The van der Waals surface area contributed by atoms with Crippen LogP contribution in [0.1, 0.15) is 36.1 Å². The zero-order valence-corrected chi connectivity index (χ0v) is 12.8. The van der Waals surface area contributed by atoms with E-state index in [4.69, 9.17) is 5.73 Å². The van der Waals surface area contributed by atoms with Crippen LogP contribution in [0.3, 0.4) is 0 Å². The molecule has 2 aromatic rings. The second-order valence-corrected chi connectivity index (χ2v) is 5.86. The van der Waals surface area contributed by atoms with Crippen molar-refractivity contribution in [2.45, 2.75) is 32.2 Å². The van der Waals surface area contributed by atoms with Gasteiger partial charge in [0.25, 0.3) is 0 Å². The molecule has 2 heteroatoms. The summed E-state index contributed by atoms with van der Waals surface area (Å²) in [6.07, 6.45) is 3.25. The molecule has 2 N–H and O–H groups in total. The number of fused-ring (bicyclic) bond motifs is 1. The summed E-state index contributed by atoms with van der Waals surface area (Å²) in [5.74, 6) is 0. The summed E-state index contributed by atoms with van der Waals surface area (Å²) in [6, 6.07) is 17.8. The van der Waals surface area contributed by atoms with Gasteiger partial charge in [-0.1, -0.05) is 43.3 Å². The molecule has 1 heterocycles. The van der Waals surface area contributed by atoms with Crippen molar-refractivity contribution in [1.82, 2.24) is 0 Å². The van der Waals surface area contributed by atoms with Gasteiger partial charge in [-0.2, -0.15) is 0 Å². The molecule has 0 saturated carbocycles. The molecule has 0 spiro atoms. The molecule has 0 unspecified atom stereocenters. The van der Waals surface area contributed by atoms with Gasteiger partial charge in [0.05, 0.1) is 0 Å². The summed E-state index contributed by atoms with van der Waals surface area (Å²) < 4.78 is 0. The molecule has 0 saturated heterocycles. The molecule has 0 amide bonds. The standard InChI is InChI=1S/C19H24N2/c1-2-19(20)17-7-9-18(10-8-17)21-13-11-15-5-3-4-6-16(15)12-14-21/h3-10,19H,2,11-14,20H2,1H3/t19-/m1/s1. The van der Waals surface area contributed by atoms with Crippen LogP contribution in [0.4, 0.5) is 5.69 Å². The maximum Gasteiger partial charge on any atom is 0.0366 e. The highest BCUT2D eigenvalue weighted by Crippen LogP contribution is 2.23. The number of anilines is 1. The average Bonchev–Trinajstić information content (AvgIpc) is 2.77. The van der Waals surface area contributed by atoms with Crippen molar-refractivity contribution in [2.75, 3.05) is 18.0 Å². The summed E-state index contributed by atoms with van der Waals surface area (Å²) in [7, 11) is 0. The van der Waals surface area contributed by atoms with Crippen LogP contribution in [0.25, 0.3) is 0 Å². The number of hydrogen-bond acceptors (Lipinski definition) is 2. The number of benzene rings is 2. The Bertz CT molecular complexity index is 562. The van der Waals surface area contributed by atoms with Gasteiger partial charge in [0.2, 0.25) is 0 Å². The largest absolute Gasteiger partial charge is 0.371 e. The van der Waals surface area contributed by atoms with Gasteiger partial charge in [0.1, 0.15) is 0 Å². The molecule has 1 aliphatic heterocycles. The third-order valence-electron chi connectivity index (χ3n) is 4.55. The van der Waals surface area contributed by atoms with Crippen molar-refractivity contribution in [2.24, 2.45) is 5.73 Å². The van der Waals surface area contributed by atoms with E-state index in [1.807, 2.05) is 0 Å². The summed E-state index contributed by atoms with van der Waals surface area (Å²) in [6.45, 7) is 4.32. The first-order valence-electron chi connectivity index (χ1n) is 7.95. The van der Waals surface area contributed by atoms with E-state index in [1.165, 1.54) is 22.4 Å². The lowest BCUT2D eigenvalue weighted by Gasteiger charge is -2.23. The Hall–Kier alpha value is -1.80. The molecule has 2 nitrogen and oxygen atoms in total. The van der Waals surface area contributed by atoms with Gasteiger partial charge >= 0.3 is 0 Å². The topological polar surface area (TPSA) is 29.3 Å². The lowest BCUT2D eigenvalue weighted by atomic mass is 10.0. The summed E-state index contributed by atoms with van der Waals surface area (Å²) >= 11 is 0. The number of hydrogen-bond donors (Lipinski definition) is 1. The molecule has 0 aliphatic carbocycles. The van der Waals surface area contributed by atoms with E-state index < -0.39 is 0 Å². The third-order valence-corrected chi connectivity index (χ3v) is 4.55. The van der Waals surface area contributed by atoms with E-state index in [-0.39, 0.29) is 6.04 Å². The van der Waals surface area contributed by atoms with Crippen molar-refractivity contribution < 1.29 is 0 Å². The smallest absolute Gasteiger partial charge is 0.0366 e. The van der Waals surface area contributed by atoms with Crippen LogP contribution in [-0.4, -0.2) is 13.1 Å². The first-order chi connectivity index (χ1) is 10.3. The van der Waals surface area contributed by atoms with Crippen LogP contribution in [0.5, 0.6) is 0 Å². The second-order valence-electron chi connectivity index (χ2n) is 5.86. The van der Waals surface area contributed by atoms with Crippen LogP contribution in [-0.2, 0) is 12.8 Å². The third kappa shape index (κ3) is 3.11. The fourth-order valence-electron chi connectivity index (χ4n) is 3.09. The summed E-state index contributed by atoms with van der Waals surface area (Å²) in [5, 5.41) is 0. The molecule has 3 rings (SSSR count). The fraction of sp³-hybridized carbons (Fsp3) is 0.368. The molecule has 1 atom stereocenters. The van der Waals surface area contributed by atoms with E-state index >= 15 is 0 Å². The zero-order valence-electron chi connectivity index (χ0n) is 12.8. The Morgan fingerprint density at radius 2 is 1.52 bits per heavy atom. The van der Waals surface area contributed by atoms with Gasteiger partial charge in [0, 0.05) is 24.8 Å². The lowest BCUT2D eigenvalue weighted by molar-refractivity contribution is 0.698. The highest BCUT2D eigenvalue weighted by Gasteiger charge is 2.14. The second kappa shape index (κ2) is 6.31. The first kappa shape index (κ1) is 14.2. The molecule has 21 heavy (non-hydrogen) atoms. The molecule has 0 radical (unpaired) electrons. The van der Waals surface area contributed by atoms with E-state index in [0.29, 0.717) is 0 Å². The molecule has 0 fully saturated rings. The maximum absolute atomic E-state index is 6.09. The Morgan fingerprint density at radius 3 is 2.05 bits per heavy atom. The molecule has 1 aliphatic rings. The van der Waals surface area contributed by atoms with Gasteiger partial charge in [-0.25, -0.2) is 0 Å². The zero-order chi connectivity index (χ0) is 14.7. The van der Waals surface area contributed by atoms with E-state index in [9.17, 15) is 0 Å². The minimum absolute atomic E-state index is 0.160. The van der Waals surface area contributed by atoms with Crippen molar-refractivity contribution in [3.05, 3.63) is 65.2 Å². The van der Waals surface area contributed by atoms with Crippen LogP contribution < -0.4 is 10.6 Å². The Labute approximate surface area is 127 Å². The predicted molar refractivity (Wildman–Crippen MR) is 89.7 cm³/mol. The number of rotatable bonds is 3. The minimum Gasteiger partial charge on any atom is -0.371 e. The monoisotopic (exact) mass is 280 g/mol. The molecular weight excluding hydrogens is 256 g/mol. The van der Waals surface area contributed by atoms with Crippen molar-refractivity contribution in [1.29, 1.82) is 0 Å². The molecule has 110 valence electrons. The van der Waals surface area contributed by atoms with E-state index in [0.717, 1.165) is 32.4 Å². The molecule has 0 aromatic heterocycles.